The minimum atomic E-state index is -0.0369. The van der Waals surface area contributed by atoms with E-state index in [1.54, 1.807) is 16.8 Å². The van der Waals surface area contributed by atoms with Crippen LogP contribution < -0.4 is 5.56 Å². The van der Waals surface area contributed by atoms with E-state index >= 15 is 0 Å². The highest BCUT2D eigenvalue weighted by atomic mass is 79.9. The predicted octanol–water partition coefficient (Wildman–Crippen LogP) is 3.20. The summed E-state index contributed by atoms with van der Waals surface area (Å²) in [5.74, 6) is 0. The van der Waals surface area contributed by atoms with Crippen LogP contribution in [0.1, 0.15) is 25.2 Å². The highest BCUT2D eigenvalue weighted by molar-refractivity contribution is 9.11. The number of aryl methyl sites for hydroxylation is 2. The zero-order valence-corrected chi connectivity index (χ0v) is 14.0. The molecule has 0 spiro atoms. The molecular formula is C13H15Br2N3O. The maximum atomic E-state index is 12.1. The molecule has 19 heavy (non-hydrogen) atoms. The molecular weight excluding hydrogens is 374 g/mol. The lowest BCUT2D eigenvalue weighted by Crippen LogP contribution is -2.22. The molecule has 0 aliphatic heterocycles. The van der Waals surface area contributed by atoms with Crippen molar-refractivity contribution in [3.8, 4) is 0 Å². The normalized spacial score (nSPS) is 10.9. The minimum Gasteiger partial charge on any atom is -0.307 e. The van der Waals surface area contributed by atoms with Crippen molar-refractivity contribution in [1.29, 1.82) is 0 Å². The Bertz CT molecular complexity index is 646. The van der Waals surface area contributed by atoms with E-state index in [0.29, 0.717) is 11.0 Å². The van der Waals surface area contributed by atoms with Gasteiger partial charge in [0.2, 0.25) is 0 Å². The molecule has 0 aliphatic rings. The third-order valence-corrected chi connectivity index (χ3v) is 3.92. The first kappa shape index (κ1) is 14.5. The van der Waals surface area contributed by atoms with Crippen molar-refractivity contribution in [3.63, 3.8) is 0 Å². The Morgan fingerprint density at radius 3 is 2.63 bits per heavy atom. The van der Waals surface area contributed by atoms with Crippen molar-refractivity contribution in [2.45, 2.75) is 33.4 Å². The molecule has 0 saturated carbocycles. The number of rotatable bonds is 4. The molecule has 0 aromatic carbocycles. The third-order valence-electron chi connectivity index (χ3n) is 2.92. The van der Waals surface area contributed by atoms with E-state index in [1.807, 2.05) is 4.68 Å². The molecule has 2 aromatic heterocycles. The third kappa shape index (κ3) is 3.17. The Labute approximate surface area is 128 Å². The van der Waals surface area contributed by atoms with E-state index < -0.39 is 0 Å². The molecule has 4 nitrogen and oxygen atoms in total. The fourth-order valence-electron chi connectivity index (χ4n) is 1.95. The lowest BCUT2D eigenvalue weighted by atomic mass is 10.3. The number of pyridine rings is 1. The molecule has 6 heteroatoms. The van der Waals surface area contributed by atoms with Crippen LogP contribution in [0.3, 0.4) is 0 Å². The maximum Gasteiger partial charge on any atom is 0.265 e. The quantitative estimate of drug-likeness (QED) is 0.806. The van der Waals surface area contributed by atoms with Gasteiger partial charge in [0, 0.05) is 17.2 Å². The van der Waals surface area contributed by atoms with Crippen LogP contribution in [0.2, 0.25) is 0 Å². The molecule has 0 N–H and O–H groups in total. The van der Waals surface area contributed by atoms with E-state index in [4.69, 9.17) is 0 Å². The molecule has 0 bridgehead atoms. The first-order valence-electron chi connectivity index (χ1n) is 6.16. The predicted molar refractivity (Wildman–Crippen MR) is 82.5 cm³/mol. The molecule has 2 aromatic rings. The fraction of sp³-hybridized carbons (Fsp3) is 0.385. The molecule has 0 saturated heterocycles. The molecule has 0 fully saturated rings. The number of aromatic nitrogens is 3. The second-order valence-corrected chi connectivity index (χ2v) is 6.01. The summed E-state index contributed by atoms with van der Waals surface area (Å²) in [7, 11) is 0. The highest BCUT2D eigenvalue weighted by Gasteiger charge is 2.09. The van der Waals surface area contributed by atoms with Crippen LogP contribution >= 0.6 is 31.9 Å². The highest BCUT2D eigenvalue weighted by Crippen LogP contribution is 2.14. The smallest absolute Gasteiger partial charge is 0.265 e. The summed E-state index contributed by atoms with van der Waals surface area (Å²) in [6.45, 7) is 5.46. The summed E-state index contributed by atoms with van der Waals surface area (Å²) in [6.07, 6.45) is 2.70. The van der Waals surface area contributed by atoms with Crippen molar-refractivity contribution in [2.24, 2.45) is 0 Å². The molecule has 0 atom stereocenters. The number of hydrogen-bond acceptors (Lipinski definition) is 2. The van der Waals surface area contributed by atoms with Gasteiger partial charge in [-0.3, -0.25) is 9.48 Å². The van der Waals surface area contributed by atoms with Crippen LogP contribution in [0.25, 0.3) is 0 Å². The van der Waals surface area contributed by atoms with Gasteiger partial charge < -0.3 is 4.57 Å². The Kier molecular flexibility index (Phi) is 4.62. The Balaban J connectivity index is 2.41. The summed E-state index contributed by atoms with van der Waals surface area (Å²) < 4.78 is 5.05. The van der Waals surface area contributed by atoms with E-state index in [0.717, 1.165) is 28.8 Å². The Morgan fingerprint density at radius 2 is 2.00 bits per heavy atom. The lowest BCUT2D eigenvalue weighted by molar-refractivity contribution is 0.588. The maximum absolute atomic E-state index is 12.1. The lowest BCUT2D eigenvalue weighted by Gasteiger charge is -2.08. The van der Waals surface area contributed by atoms with Crippen LogP contribution in [-0.2, 0) is 19.5 Å². The SMILES string of the molecule is CCc1cc(Cn2cc(Br)cc(Br)c2=O)n(CC)n1. The van der Waals surface area contributed by atoms with Gasteiger partial charge in [-0.15, -0.1) is 0 Å². The topological polar surface area (TPSA) is 39.8 Å². The Hall–Kier alpha value is -0.880. The van der Waals surface area contributed by atoms with Crippen molar-refractivity contribution < 1.29 is 0 Å². The van der Waals surface area contributed by atoms with E-state index in [2.05, 4.69) is 56.9 Å². The van der Waals surface area contributed by atoms with Crippen LogP contribution in [0.4, 0.5) is 0 Å². The van der Waals surface area contributed by atoms with Gasteiger partial charge in [-0.05, 0) is 57.3 Å². The van der Waals surface area contributed by atoms with Crippen molar-refractivity contribution in [2.75, 3.05) is 0 Å². The standard InChI is InChI=1S/C13H15Br2N3O/c1-3-10-6-11(18(4-2)16-10)8-17-7-9(14)5-12(15)13(17)19/h5-7H,3-4,8H2,1-2H3. The van der Waals surface area contributed by atoms with Gasteiger partial charge in [0.25, 0.3) is 5.56 Å². The van der Waals surface area contributed by atoms with Gasteiger partial charge in [-0.1, -0.05) is 6.92 Å². The monoisotopic (exact) mass is 387 g/mol. The van der Waals surface area contributed by atoms with Crippen molar-refractivity contribution in [3.05, 3.63) is 49.0 Å². The van der Waals surface area contributed by atoms with Crippen molar-refractivity contribution >= 4 is 31.9 Å². The fourth-order valence-corrected chi connectivity index (χ4v) is 3.20. The first-order chi connectivity index (χ1) is 9.05. The number of nitrogens with zero attached hydrogens (tertiary/aromatic N) is 3. The molecule has 0 radical (unpaired) electrons. The average Bonchev–Trinajstić information content (AvgIpc) is 2.77. The van der Waals surface area contributed by atoms with E-state index in [1.165, 1.54) is 0 Å². The van der Waals surface area contributed by atoms with Gasteiger partial charge in [0.1, 0.15) is 0 Å². The van der Waals surface area contributed by atoms with E-state index in [-0.39, 0.29) is 5.56 Å². The molecule has 2 heterocycles. The van der Waals surface area contributed by atoms with Crippen LogP contribution in [0, 0.1) is 0 Å². The number of halogens is 2. The summed E-state index contributed by atoms with van der Waals surface area (Å²) in [4.78, 5) is 12.1. The largest absolute Gasteiger partial charge is 0.307 e. The molecule has 102 valence electrons. The molecule has 0 amide bonds. The molecule has 2 rings (SSSR count). The van der Waals surface area contributed by atoms with Crippen LogP contribution in [0.5, 0.6) is 0 Å². The van der Waals surface area contributed by atoms with Gasteiger partial charge in [0.05, 0.1) is 22.4 Å². The Morgan fingerprint density at radius 1 is 1.26 bits per heavy atom. The van der Waals surface area contributed by atoms with Crippen LogP contribution in [-0.4, -0.2) is 14.3 Å². The van der Waals surface area contributed by atoms with Gasteiger partial charge in [-0.25, -0.2) is 0 Å². The van der Waals surface area contributed by atoms with Gasteiger partial charge in [0.15, 0.2) is 0 Å². The first-order valence-corrected chi connectivity index (χ1v) is 7.74. The minimum absolute atomic E-state index is 0.0369. The van der Waals surface area contributed by atoms with Gasteiger partial charge in [-0.2, -0.15) is 5.10 Å². The summed E-state index contributed by atoms with van der Waals surface area (Å²) in [5, 5.41) is 4.50. The number of hydrogen-bond donors (Lipinski definition) is 0. The summed E-state index contributed by atoms with van der Waals surface area (Å²) >= 11 is 6.68. The second-order valence-electron chi connectivity index (χ2n) is 4.24. The average molecular weight is 389 g/mol. The van der Waals surface area contributed by atoms with E-state index in [9.17, 15) is 4.79 Å². The summed E-state index contributed by atoms with van der Waals surface area (Å²) in [5.41, 5.74) is 2.07. The van der Waals surface area contributed by atoms with Gasteiger partial charge >= 0.3 is 0 Å². The van der Waals surface area contributed by atoms with Crippen LogP contribution in [0.15, 0.2) is 32.1 Å². The zero-order chi connectivity index (χ0) is 14.0. The second kappa shape index (κ2) is 6.05. The van der Waals surface area contributed by atoms with Crippen molar-refractivity contribution in [1.82, 2.24) is 14.3 Å². The molecule has 0 aliphatic carbocycles. The molecule has 0 unspecified atom stereocenters. The zero-order valence-electron chi connectivity index (χ0n) is 10.9. The summed E-state index contributed by atoms with van der Waals surface area (Å²) in [6, 6.07) is 3.82.